The topological polar surface area (TPSA) is 95.8 Å². The van der Waals surface area contributed by atoms with E-state index < -0.39 is 17.4 Å². The van der Waals surface area contributed by atoms with E-state index in [1.54, 1.807) is 55.6 Å². The summed E-state index contributed by atoms with van der Waals surface area (Å²) in [6.45, 7) is 0.606. The SMILES string of the molecule is COc1ccc(Cn2c(-c3ccccc3F)nc3sc(N4CCCC4C(=O)COc4ccccc4)nc3c2=O)c(OC)c1. The molecule has 3 heterocycles. The maximum atomic E-state index is 15.1. The molecule has 0 amide bonds. The van der Waals surface area contributed by atoms with E-state index in [2.05, 4.69) is 4.98 Å². The van der Waals surface area contributed by atoms with Crippen LogP contribution in [0.2, 0.25) is 0 Å². The number of hydrogen-bond donors (Lipinski definition) is 0. The number of hydrogen-bond acceptors (Lipinski definition) is 9. The molecular formula is C32H29FN4O5S. The molecule has 0 N–H and O–H groups in total. The molecule has 1 fully saturated rings. The number of carbonyl (C=O) groups is 1. The van der Waals surface area contributed by atoms with E-state index in [9.17, 15) is 9.59 Å². The van der Waals surface area contributed by atoms with Crippen LogP contribution >= 0.6 is 11.3 Å². The second-order valence-electron chi connectivity index (χ2n) is 10.1. The molecule has 9 nitrogen and oxygen atoms in total. The summed E-state index contributed by atoms with van der Waals surface area (Å²) in [4.78, 5) is 39.0. The lowest BCUT2D eigenvalue weighted by atomic mass is 10.1. The van der Waals surface area contributed by atoms with Crippen LogP contribution in [-0.2, 0) is 11.3 Å². The molecule has 2 aromatic heterocycles. The van der Waals surface area contributed by atoms with E-state index in [1.807, 2.05) is 23.1 Å². The smallest absolute Gasteiger partial charge is 0.281 e. The van der Waals surface area contributed by atoms with E-state index in [-0.39, 0.29) is 35.8 Å². The van der Waals surface area contributed by atoms with Gasteiger partial charge in [0.05, 0.1) is 32.4 Å². The minimum Gasteiger partial charge on any atom is -0.497 e. The van der Waals surface area contributed by atoms with E-state index in [4.69, 9.17) is 19.2 Å². The summed E-state index contributed by atoms with van der Waals surface area (Å²) in [7, 11) is 3.09. The summed E-state index contributed by atoms with van der Waals surface area (Å²) < 4.78 is 33.1. The van der Waals surface area contributed by atoms with Gasteiger partial charge in [-0.3, -0.25) is 14.2 Å². The number of carbonyl (C=O) groups excluding carboxylic acids is 1. The van der Waals surface area contributed by atoms with Crippen LogP contribution in [0.4, 0.5) is 9.52 Å². The fourth-order valence-electron chi connectivity index (χ4n) is 5.27. The van der Waals surface area contributed by atoms with Crippen LogP contribution in [0.15, 0.2) is 77.6 Å². The Labute approximate surface area is 251 Å². The van der Waals surface area contributed by atoms with Gasteiger partial charge >= 0.3 is 0 Å². The molecule has 1 aliphatic rings. The summed E-state index contributed by atoms with van der Waals surface area (Å²) in [5.41, 5.74) is 0.615. The Kier molecular flexibility index (Phi) is 8.06. The normalized spacial score (nSPS) is 14.7. The molecule has 0 radical (unpaired) electrons. The second kappa shape index (κ2) is 12.2. The number of ketones is 1. The maximum absolute atomic E-state index is 15.1. The third kappa shape index (κ3) is 5.68. The molecule has 0 bridgehead atoms. The Balaban J connectivity index is 1.39. The highest BCUT2D eigenvalue weighted by Crippen LogP contribution is 2.34. The van der Waals surface area contributed by atoms with Crippen LogP contribution in [0.1, 0.15) is 18.4 Å². The van der Waals surface area contributed by atoms with Crippen molar-refractivity contribution in [1.29, 1.82) is 0 Å². The first-order valence-electron chi connectivity index (χ1n) is 13.8. The molecule has 0 aliphatic carbocycles. The number of ether oxygens (including phenoxy) is 3. The molecule has 3 aromatic carbocycles. The van der Waals surface area contributed by atoms with Crippen LogP contribution in [0.5, 0.6) is 17.2 Å². The third-order valence-corrected chi connectivity index (χ3v) is 8.43. The molecule has 1 saturated heterocycles. The molecule has 220 valence electrons. The molecule has 5 aromatic rings. The molecule has 1 unspecified atom stereocenters. The van der Waals surface area contributed by atoms with Gasteiger partial charge in [0.2, 0.25) is 0 Å². The number of halogens is 1. The van der Waals surface area contributed by atoms with Crippen LogP contribution in [-0.4, -0.2) is 53.7 Å². The van der Waals surface area contributed by atoms with Gasteiger partial charge < -0.3 is 19.1 Å². The van der Waals surface area contributed by atoms with Gasteiger partial charge in [-0.1, -0.05) is 41.7 Å². The number of para-hydroxylation sites is 1. The molecule has 11 heteroatoms. The largest absolute Gasteiger partial charge is 0.497 e. The van der Waals surface area contributed by atoms with Gasteiger partial charge in [0.1, 0.15) is 35.5 Å². The molecular weight excluding hydrogens is 571 g/mol. The number of methoxy groups -OCH3 is 2. The number of fused-ring (bicyclic) bond motifs is 1. The van der Waals surface area contributed by atoms with E-state index >= 15 is 4.39 Å². The van der Waals surface area contributed by atoms with Crippen molar-refractivity contribution in [3.63, 3.8) is 0 Å². The van der Waals surface area contributed by atoms with Crippen molar-refractivity contribution in [3.8, 4) is 28.6 Å². The van der Waals surface area contributed by atoms with Crippen molar-refractivity contribution in [2.45, 2.75) is 25.4 Å². The van der Waals surface area contributed by atoms with Crippen molar-refractivity contribution in [3.05, 3.63) is 94.5 Å². The first kappa shape index (κ1) is 28.4. The van der Waals surface area contributed by atoms with Gasteiger partial charge in [0, 0.05) is 18.2 Å². The average molecular weight is 601 g/mol. The molecule has 0 spiro atoms. The maximum Gasteiger partial charge on any atom is 0.281 e. The number of anilines is 1. The van der Waals surface area contributed by atoms with Gasteiger partial charge in [0.25, 0.3) is 5.56 Å². The summed E-state index contributed by atoms with van der Waals surface area (Å²) in [6.07, 6.45) is 1.45. The van der Waals surface area contributed by atoms with Gasteiger partial charge in [-0.05, 0) is 49.2 Å². The Morgan fingerprint density at radius 2 is 1.79 bits per heavy atom. The zero-order chi connectivity index (χ0) is 29.9. The molecule has 1 aliphatic heterocycles. The first-order valence-corrected chi connectivity index (χ1v) is 14.6. The minimum absolute atomic E-state index is 0.0626. The summed E-state index contributed by atoms with van der Waals surface area (Å²) in [5.74, 6) is 1.35. The molecule has 0 saturated carbocycles. The van der Waals surface area contributed by atoms with Crippen LogP contribution in [0.3, 0.4) is 0 Å². The number of rotatable bonds is 10. The Bertz CT molecular complexity index is 1840. The second-order valence-corrected chi connectivity index (χ2v) is 11.0. The summed E-state index contributed by atoms with van der Waals surface area (Å²) >= 11 is 1.22. The quantitative estimate of drug-likeness (QED) is 0.212. The van der Waals surface area contributed by atoms with Gasteiger partial charge in [-0.2, -0.15) is 0 Å². The third-order valence-electron chi connectivity index (χ3n) is 7.44. The summed E-state index contributed by atoms with van der Waals surface area (Å²) in [5, 5.41) is 0.523. The fourth-order valence-corrected chi connectivity index (χ4v) is 6.27. The zero-order valence-electron chi connectivity index (χ0n) is 23.7. The number of benzene rings is 3. The number of thiazole rings is 1. The van der Waals surface area contributed by atoms with E-state index in [1.165, 1.54) is 29.1 Å². The fraction of sp³-hybridized carbons (Fsp3) is 0.250. The molecule has 6 rings (SSSR count). The highest BCUT2D eigenvalue weighted by atomic mass is 32.1. The summed E-state index contributed by atoms with van der Waals surface area (Å²) in [6, 6.07) is 20.3. The van der Waals surface area contributed by atoms with Crippen LogP contribution in [0, 0.1) is 5.82 Å². The number of Topliss-reactive ketones (excluding diaryl/α,β-unsaturated/α-hetero) is 1. The lowest BCUT2D eigenvalue weighted by molar-refractivity contribution is -0.122. The lowest BCUT2D eigenvalue weighted by Gasteiger charge is -2.22. The number of nitrogens with zero attached hydrogens (tertiary/aromatic N) is 4. The standard InChI is InChI=1S/C32H29FN4O5S/c1-40-22-15-14-20(27(17-22)41-2)18-37-29(23-11-6-7-12-24(23)33)35-30-28(31(37)39)34-32(43-30)36-16-8-13-25(36)26(38)19-42-21-9-4-3-5-10-21/h3-7,9-12,14-15,17,25H,8,13,16,18-19H2,1-2H3. The van der Waals surface area contributed by atoms with Crippen LogP contribution < -0.4 is 24.7 Å². The van der Waals surface area contributed by atoms with Crippen molar-refractivity contribution in [1.82, 2.24) is 14.5 Å². The van der Waals surface area contributed by atoms with Crippen molar-refractivity contribution >= 4 is 32.6 Å². The number of aromatic nitrogens is 3. The van der Waals surface area contributed by atoms with Gasteiger partial charge in [0.15, 0.2) is 21.3 Å². The Morgan fingerprint density at radius 3 is 2.56 bits per heavy atom. The minimum atomic E-state index is -0.502. The predicted molar refractivity (Wildman–Crippen MR) is 163 cm³/mol. The van der Waals surface area contributed by atoms with Gasteiger partial charge in [-0.25, -0.2) is 14.4 Å². The Morgan fingerprint density at radius 1 is 1.00 bits per heavy atom. The monoisotopic (exact) mass is 600 g/mol. The average Bonchev–Trinajstić information content (AvgIpc) is 3.70. The zero-order valence-corrected chi connectivity index (χ0v) is 24.5. The van der Waals surface area contributed by atoms with Crippen molar-refractivity contribution < 1.29 is 23.4 Å². The predicted octanol–water partition coefficient (Wildman–Crippen LogP) is 5.34. The lowest BCUT2D eigenvalue weighted by Crippen LogP contribution is -2.38. The molecule has 43 heavy (non-hydrogen) atoms. The Hall–Kier alpha value is -4.77. The van der Waals surface area contributed by atoms with E-state index in [0.717, 1.165) is 6.42 Å². The highest BCUT2D eigenvalue weighted by Gasteiger charge is 2.33. The van der Waals surface area contributed by atoms with Crippen LogP contribution in [0.25, 0.3) is 21.7 Å². The molecule has 1 atom stereocenters. The van der Waals surface area contributed by atoms with Crippen molar-refractivity contribution in [2.75, 3.05) is 32.3 Å². The first-order chi connectivity index (χ1) is 21.0. The van der Waals surface area contributed by atoms with Crippen molar-refractivity contribution in [2.24, 2.45) is 0 Å². The van der Waals surface area contributed by atoms with E-state index in [0.29, 0.717) is 45.7 Å². The van der Waals surface area contributed by atoms with Gasteiger partial charge in [-0.15, -0.1) is 0 Å². The highest BCUT2D eigenvalue weighted by molar-refractivity contribution is 7.21.